The van der Waals surface area contributed by atoms with E-state index in [1.165, 1.54) is 4.57 Å². The molecular formula is C15H19ClN4O4S. The molecule has 0 bridgehead atoms. The number of methoxy groups -OCH3 is 1. The van der Waals surface area contributed by atoms with Crippen molar-refractivity contribution in [2.75, 3.05) is 13.7 Å². The second-order valence-electron chi connectivity index (χ2n) is 5.38. The Morgan fingerprint density at radius 2 is 2.20 bits per heavy atom. The number of halogens is 1. The second kappa shape index (κ2) is 8.84. The highest BCUT2D eigenvalue weighted by molar-refractivity contribution is 7.80. The molecule has 1 amide bonds. The third-order valence-electron chi connectivity index (χ3n) is 3.30. The van der Waals surface area contributed by atoms with Gasteiger partial charge in [-0.3, -0.25) is 20.2 Å². The zero-order chi connectivity index (χ0) is 18.4. The van der Waals surface area contributed by atoms with Crippen molar-refractivity contribution in [1.82, 2.24) is 20.7 Å². The predicted molar refractivity (Wildman–Crippen MR) is 98.5 cm³/mol. The normalized spacial score (nSPS) is 12.0. The number of nitrogens with zero attached hydrogens (tertiary/aromatic N) is 1. The quantitative estimate of drug-likeness (QED) is 0.506. The van der Waals surface area contributed by atoms with Crippen LogP contribution in [0.2, 0.25) is 5.02 Å². The number of rotatable bonds is 6. The molecule has 0 saturated heterocycles. The highest BCUT2D eigenvalue weighted by atomic mass is 35.5. The second-order valence-corrected chi connectivity index (χ2v) is 6.23. The maximum atomic E-state index is 11.9. The lowest BCUT2D eigenvalue weighted by Crippen LogP contribution is -2.50. The van der Waals surface area contributed by atoms with Gasteiger partial charge >= 0.3 is 5.76 Å². The number of ether oxygens (including phenoxy) is 1. The molecule has 136 valence electrons. The molecule has 0 saturated carbocycles. The van der Waals surface area contributed by atoms with Crippen molar-refractivity contribution in [2.24, 2.45) is 0 Å². The van der Waals surface area contributed by atoms with Crippen LogP contribution in [-0.2, 0) is 16.1 Å². The number of hydrogen-bond donors (Lipinski definition) is 3. The largest absolute Gasteiger partial charge is 0.419 e. The summed E-state index contributed by atoms with van der Waals surface area (Å²) in [5.74, 6) is -0.859. The first-order valence-corrected chi connectivity index (χ1v) is 8.32. The van der Waals surface area contributed by atoms with Crippen LogP contribution >= 0.6 is 23.8 Å². The van der Waals surface area contributed by atoms with E-state index in [-0.39, 0.29) is 30.0 Å². The molecule has 2 aromatic rings. The molecule has 2 rings (SSSR count). The smallest absolute Gasteiger partial charge is 0.408 e. The van der Waals surface area contributed by atoms with E-state index in [4.69, 9.17) is 33.0 Å². The molecule has 0 radical (unpaired) electrons. The third-order valence-corrected chi connectivity index (χ3v) is 3.76. The molecule has 0 fully saturated rings. The summed E-state index contributed by atoms with van der Waals surface area (Å²) in [5.41, 5.74) is 6.03. The van der Waals surface area contributed by atoms with Gasteiger partial charge in [0.15, 0.2) is 10.7 Å². The summed E-state index contributed by atoms with van der Waals surface area (Å²) in [4.78, 5) is 23.8. The van der Waals surface area contributed by atoms with Crippen LogP contribution < -0.4 is 21.9 Å². The zero-order valence-corrected chi connectivity index (χ0v) is 15.4. The Hall–Kier alpha value is -2.10. The summed E-state index contributed by atoms with van der Waals surface area (Å²) in [7, 11) is 1.59. The van der Waals surface area contributed by atoms with Crippen LogP contribution in [0, 0.1) is 0 Å². The number of benzene rings is 1. The molecular weight excluding hydrogens is 368 g/mol. The molecule has 0 aliphatic heterocycles. The Bertz CT molecular complexity index is 819. The number of thiocarbonyl (C=S) groups is 1. The van der Waals surface area contributed by atoms with Crippen molar-refractivity contribution in [3.8, 4) is 0 Å². The van der Waals surface area contributed by atoms with Crippen LogP contribution in [-0.4, -0.2) is 35.3 Å². The lowest BCUT2D eigenvalue weighted by Gasteiger charge is -2.16. The fourth-order valence-electron chi connectivity index (χ4n) is 2.21. The van der Waals surface area contributed by atoms with E-state index in [1.54, 1.807) is 25.3 Å². The summed E-state index contributed by atoms with van der Waals surface area (Å²) in [5, 5.41) is 3.69. The van der Waals surface area contributed by atoms with Crippen LogP contribution in [0.1, 0.15) is 13.3 Å². The van der Waals surface area contributed by atoms with Crippen molar-refractivity contribution < 1.29 is 13.9 Å². The molecule has 1 aromatic carbocycles. The van der Waals surface area contributed by atoms with Crippen molar-refractivity contribution in [3.05, 3.63) is 33.8 Å². The van der Waals surface area contributed by atoms with E-state index < -0.39 is 5.76 Å². The number of fused-ring (bicyclic) bond motifs is 1. The maximum absolute atomic E-state index is 11.9. The SMILES string of the molecule is COC[C@H](C)NC(=S)NNC(=O)CCn1c(=O)oc2cc(Cl)ccc21. The van der Waals surface area contributed by atoms with Gasteiger partial charge in [0.25, 0.3) is 0 Å². The summed E-state index contributed by atoms with van der Waals surface area (Å²) in [6.07, 6.45) is 0.0698. The molecule has 8 nitrogen and oxygen atoms in total. The van der Waals surface area contributed by atoms with Crippen molar-refractivity contribution in [1.29, 1.82) is 0 Å². The number of hydrazine groups is 1. The van der Waals surface area contributed by atoms with E-state index in [9.17, 15) is 9.59 Å². The number of amides is 1. The fraction of sp³-hybridized carbons (Fsp3) is 0.400. The molecule has 1 aromatic heterocycles. The minimum Gasteiger partial charge on any atom is -0.408 e. The van der Waals surface area contributed by atoms with Gasteiger partial charge in [-0.2, -0.15) is 0 Å². The average molecular weight is 387 g/mol. The van der Waals surface area contributed by atoms with Gasteiger partial charge in [0.2, 0.25) is 5.91 Å². The van der Waals surface area contributed by atoms with Crippen molar-refractivity contribution in [3.63, 3.8) is 0 Å². The monoisotopic (exact) mass is 386 g/mol. The first-order valence-electron chi connectivity index (χ1n) is 7.54. The standard InChI is InChI=1S/C15H19ClN4O4S/c1-9(8-23-2)17-14(25)19-18-13(21)5-6-20-11-4-3-10(16)7-12(11)24-15(20)22/h3-4,7,9H,5-6,8H2,1-2H3,(H,18,21)(H2,17,19,25)/t9-/m0/s1. The maximum Gasteiger partial charge on any atom is 0.419 e. The lowest BCUT2D eigenvalue weighted by atomic mass is 10.3. The van der Waals surface area contributed by atoms with Crippen molar-refractivity contribution in [2.45, 2.75) is 25.9 Å². The molecule has 10 heteroatoms. The van der Waals surface area contributed by atoms with Gasteiger partial charge in [-0.25, -0.2) is 4.79 Å². The van der Waals surface area contributed by atoms with Gasteiger partial charge < -0.3 is 14.5 Å². The van der Waals surface area contributed by atoms with Gasteiger partial charge in [-0.05, 0) is 31.3 Å². The van der Waals surface area contributed by atoms with Crippen LogP contribution in [0.3, 0.4) is 0 Å². The predicted octanol–water partition coefficient (Wildman–Crippen LogP) is 1.17. The Labute approximate surface area is 154 Å². The summed E-state index contributed by atoms with van der Waals surface area (Å²) < 4.78 is 11.5. The highest BCUT2D eigenvalue weighted by Crippen LogP contribution is 2.18. The minimum atomic E-state index is -0.538. The molecule has 0 aliphatic rings. The summed E-state index contributed by atoms with van der Waals surface area (Å²) in [6.45, 7) is 2.54. The Kier molecular flexibility index (Phi) is 6.80. The molecule has 1 heterocycles. The number of carbonyl (C=O) groups is 1. The van der Waals surface area contributed by atoms with E-state index in [0.29, 0.717) is 22.7 Å². The van der Waals surface area contributed by atoms with Gasteiger partial charge in [-0.1, -0.05) is 11.6 Å². The average Bonchev–Trinajstić information content (AvgIpc) is 2.85. The van der Waals surface area contributed by atoms with Gasteiger partial charge in [-0.15, -0.1) is 0 Å². The van der Waals surface area contributed by atoms with E-state index in [2.05, 4.69) is 16.2 Å². The zero-order valence-electron chi connectivity index (χ0n) is 13.8. The molecule has 3 N–H and O–H groups in total. The number of hydrogen-bond acceptors (Lipinski definition) is 5. The van der Waals surface area contributed by atoms with E-state index >= 15 is 0 Å². The Morgan fingerprint density at radius 1 is 1.44 bits per heavy atom. The molecule has 0 unspecified atom stereocenters. The van der Waals surface area contributed by atoms with Crippen LogP contribution in [0.5, 0.6) is 0 Å². The summed E-state index contributed by atoms with van der Waals surface area (Å²) >= 11 is 10.9. The number of aryl methyl sites for hydroxylation is 1. The summed E-state index contributed by atoms with van der Waals surface area (Å²) in [6, 6.07) is 4.89. The Balaban J connectivity index is 1.85. The Morgan fingerprint density at radius 3 is 2.92 bits per heavy atom. The lowest BCUT2D eigenvalue weighted by molar-refractivity contribution is -0.121. The van der Waals surface area contributed by atoms with Gasteiger partial charge in [0.1, 0.15) is 0 Å². The number of nitrogens with one attached hydrogen (secondary N) is 3. The topological polar surface area (TPSA) is 97.5 Å². The number of oxazole rings is 1. The van der Waals surface area contributed by atoms with Crippen LogP contribution in [0.15, 0.2) is 27.4 Å². The van der Waals surface area contributed by atoms with Crippen molar-refractivity contribution >= 4 is 45.9 Å². The minimum absolute atomic E-state index is 0.00426. The molecule has 0 aliphatic carbocycles. The first-order chi connectivity index (χ1) is 11.9. The molecule has 0 spiro atoms. The van der Waals surface area contributed by atoms with E-state index in [0.717, 1.165) is 0 Å². The molecule has 1 atom stereocenters. The van der Waals surface area contributed by atoms with Crippen LogP contribution in [0.25, 0.3) is 11.1 Å². The van der Waals surface area contributed by atoms with E-state index in [1.807, 2.05) is 6.92 Å². The van der Waals surface area contributed by atoms with Gasteiger partial charge in [0.05, 0.1) is 12.1 Å². The third kappa shape index (κ3) is 5.45. The molecule has 25 heavy (non-hydrogen) atoms. The fourth-order valence-corrected chi connectivity index (χ4v) is 2.62. The highest BCUT2D eigenvalue weighted by Gasteiger charge is 2.11. The number of aromatic nitrogens is 1. The number of carbonyl (C=O) groups excluding carboxylic acids is 1. The van der Waals surface area contributed by atoms with Crippen LogP contribution in [0.4, 0.5) is 0 Å². The first kappa shape index (κ1) is 19.2. The van der Waals surface area contributed by atoms with Gasteiger partial charge in [0, 0.05) is 37.2 Å².